The number of hydrogen-bond acceptors (Lipinski definition) is 10. The van der Waals surface area contributed by atoms with E-state index in [1.54, 1.807) is 11.8 Å². The molecule has 3 unspecified atom stereocenters. The van der Waals surface area contributed by atoms with Crippen LogP contribution in [-0.2, 0) is 14.3 Å². The van der Waals surface area contributed by atoms with E-state index in [4.69, 9.17) is 15.9 Å². The number of terminal acetylenes is 1. The van der Waals surface area contributed by atoms with Crippen molar-refractivity contribution in [3.63, 3.8) is 0 Å². The predicted molar refractivity (Wildman–Crippen MR) is 225 cm³/mol. The number of nitrogens with one attached hydrogen (secondary N) is 1. The van der Waals surface area contributed by atoms with Crippen LogP contribution in [-0.4, -0.2) is 106 Å². The number of carbonyl (C=O) groups excluding carboxylic acids is 2. The summed E-state index contributed by atoms with van der Waals surface area (Å²) in [6, 6.07) is 4.84. The molecule has 12 nitrogen and oxygen atoms in total. The quantitative estimate of drug-likeness (QED) is 0.0973. The second-order valence-electron chi connectivity index (χ2n) is 16.4. The van der Waals surface area contributed by atoms with Gasteiger partial charge in [0.05, 0.1) is 28.6 Å². The highest BCUT2D eigenvalue weighted by Crippen LogP contribution is 2.41. The number of methoxy groups -OCH3 is 1. The number of anilines is 1. The largest absolute Gasteiger partial charge is 0.508 e. The Kier molecular flexibility index (Phi) is 14.1. The zero-order chi connectivity index (χ0) is 43.3. The van der Waals surface area contributed by atoms with Gasteiger partial charge in [-0.15, -0.1) is 6.42 Å². The zero-order valence-corrected chi connectivity index (χ0v) is 35.0. The van der Waals surface area contributed by atoms with E-state index in [9.17, 15) is 28.3 Å². The summed E-state index contributed by atoms with van der Waals surface area (Å²) in [5.74, 6) is 1.10. The predicted octanol–water partition coefficient (Wildman–Crippen LogP) is 7.87. The van der Waals surface area contributed by atoms with E-state index in [1.165, 1.54) is 50.4 Å². The molecule has 2 aromatic heterocycles. The maximum absolute atomic E-state index is 16.2. The standard InChI is InChI=1S/C29H25F2N5O5.C8H14FN.C8H16O/c1-4-19-22(30)8-5-15-9-18(37)10-20(23(15)19)25-24(31)26-21(11-32-25)27(34-28(38)33-26)35-12-16-6-7-17(13-35)36(16)29(39)41-14(2)40-3;1-8-3-2-4-10(8)6-7(9)5-8;1-3-5-8(7-9)6-4-2/h1,5,8-11,14,16-17,37H,6-7,12-13H2,2-3H3,(H,33,34,38);7H,2-6H2,1H3;7-8H,3-6H2,1-2H3/t;7-,8+;/m.1./s1. The van der Waals surface area contributed by atoms with Crippen LogP contribution >= 0.6 is 0 Å². The molecule has 0 aliphatic carbocycles. The highest BCUT2D eigenvalue weighted by atomic mass is 19.1. The molecule has 4 aliphatic rings. The molecule has 4 aliphatic heterocycles. The number of ether oxygens (including phenoxy) is 2. The van der Waals surface area contributed by atoms with Crippen LogP contribution in [0.1, 0.15) is 91.0 Å². The van der Waals surface area contributed by atoms with E-state index in [1.807, 2.05) is 4.90 Å². The van der Waals surface area contributed by atoms with Crippen molar-refractivity contribution in [1.29, 1.82) is 0 Å². The first-order valence-corrected chi connectivity index (χ1v) is 20.9. The fourth-order valence-corrected chi connectivity index (χ4v) is 9.30. The van der Waals surface area contributed by atoms with Crippen LogP contribution in [0, 0.1) is 29.9 Å². The molecule has 8 rings (SSSR count). The van der Waals surface area contributed by atoms with E-state index in [0.29, 0.717) is 30.9 Å². The number of halogens is 3. The highest BCUT2D eigenvalue weighted by Gasteiger charge is 2.46. The van der Waals surface area contributed by atoms with Crippen molar-refractivity contribution in [2.75, 3.05) is 38.2 Å². The summed E-state index contributed by atoms with van der Waals surface area (Å²) >= 11 is 0. The lowest BCUT2D eigenvalue weighted by Gasteiger charge is -2.41. The van der Waals surface area contributed by atoms with E-state index < -0.39 is 35.9 Å². The molecule has 60 heavy (non-hydrogen) atoms. The van der Waals surface area contributed by atoms with E-state index in [2.05, 4.69) is 46.5 Å². The molecule has 4 aromatic rings. The van der Waals surface area contributed by atoms with E-state index in [-0.39, 0.29) is 62.3 Å². The van der Waals surface area contributed by atoms with Crippen molar-refractivity contribution in [3.8, 4) is 29.4 Å². The number of nitrogens with zero attached hydrogens (tertiary/aromatic N) is 5. The van der Waals surface area contributed by atoms with Crippen molar-refractivity contribution in [2.24, 2.45) is 5.92 Å². The number of hydrogen-bond donors (Lipinski definition) is 2. The summed E-state index contributed by atoms with van der Waals surface area (Å²) in [5, 5.41) is 11.2. The number of aromatic hydroxyl groups is 1. The first-order valence-electron chi connectivity index (χ1n) is 20.9. The number of carbonyl (C=O) groups is 2. The van der Waals surface area contributed by atoms with Crippen molar-refractivity contribution >= 4 is 39.9 Å². The van der Waals surface area contributed by atoms with Gasteiger partial charge in [-0.1, -0.05) is 38.7 Å². The minimum absolute atomic E-state index is 0.0709. The number of aromatic nitrogens is 3. The Hall–Kier alpha value is -5.20. The number of phenolic OH excluding ortho intramolecular Hbond substituents is 1. The molecule has 0 spiro atoms. The van der Waals surface area contributed by atoms with Crippen LogP contribution in [0.2, 0.25) is 0 Å². The average Bonchev–Trinajstić information content (AvgIpc) is 3.82. The number of aldehydes is 1. The average molecular weight is 833 g/mol. The van der Waals surface area contributed by atoms with Crippen LogP contribution in [0.4, 0.5) is 23.8 Å². The molecule has 2 bridgehead atoms. The summed E-state index contributed by atoms with van der Waals surface area (Å²) < 4.78 is 54.0. The van der Waals surface area contributed by atoms with E-state index >= 15 is 4.39 Å². The fraction of sp³-hybridized carbons (Fsp3) is 0.533. The molecule has 322 valence electrons. The number of H-pyrrole nitrogens is 1. The number of alkyl halides is 1. The molecule has 6 heterocycles. The third-order valence-electron chi connectivity index (χ3n) is 12.2. The molecule has 1 amide bonds. The number of amides is 1. The van der Waals surface area contributed by atoms with Crippen molar-refractivity contribution in [1.82, 2.24) is 24.8 Å². The smallest absolute Gasteiger partial charge is 0.412 e. The number of benzene rings is 2. The molecule has 4 fully saturated rings. The lowest BCUT2D eigenvalue weighted by molar-refractivity contribution is -0.111. The molecule has 5 atom stereocenters. The van der Waals surface area contributed by atoms with Gasteiger partial charge in [0.25, 0.3) is 0 Å². The first kappa shape index (κ1) is 44.4. The van der Waals surface area contributed by atoms with Crippen LogP contribution in [0.15, 0.2) is 35.3 Å². The molecule has 0 radical (unpaired) electrons. The zero-order valence-electron chi connectivity index (χ0n) is 35.0. The number of rotatable bonds is 9. The second kappa shape index (κ2) is 19.0. The van der Waals surface area contributed by atoms with Crippen molar-refractivity contribution in [3.05, 3.63) is 58.1 Å². The highest BCUT2D eigenvalue weighted by molar-refractivity contribution is 6.03. The topological polar surface area (TPSA) is 141 Å². The van der Waals surface area contributed by atoms with Gasteiger partial charge in [0, 0.05) is 55.3 Å². The maximum atomic E-state index is 16.2. The number of aromatic amines is 1. The van der Waals surface area contributed by atoms with Gasteiger partial charge in [0.15, 0.2) is 5.82 Å². The monoisotopic (exact) mass is 832 g/mol. The molecular formula is C45H55F3N6O6. The summed E-state index contributed by atoms with van der Waals surface area (Å²) in [5.41, 5.74) is -0.949. The Morgan fingerprint density at radius 3 is 2.47 bits per heavy atom. The van der Waals surface area contributed by atoms with Gasteiger partial charge < -0.3 is 29.3 Å². The number of fused-ring (bicyclic) bond motifs is 5. The molecule has 4 saturated heterocycles. The van der Waals surface area contributed by atoms with Gasteiger partial charge in [0.2, 0.25) is 6.29 Å². The first-order chi connectivity index (χ1) is 28.7. The molecule has 15 heteroatoms. The Morgan fingerprint density at radius 2 is 1.85 bits per heavy atom. The van der Waals surface area contributed by atoms with Crippen LogP contribution in [0.25, 0.3) is 32.9 Å². The van der Waals surface area contributed by atoms with Crippen molar-refractivity contribution in [2.45, 2.75) is 116 Å². The third kappa shape index (κ3) is 9.24. The molecule has 2 N–H and O–H groups in total. The van der Waals surface area contributed by atoms with E-state index in [0.717, 1.165) is 57.8 Å². The normalized spacial score (nSPS) is 22.5. The summed E-state index contributed by atoms with van der Waals surface area (Å²) in [7, 11) is 1.45. The number of phenols is 1. The Morgan fingerprint density at radius 1 is 1.15 bits per heavy atom. The number of piperazine rings is 1. The Balaban J connectivity index is 0.000000260. The van der Waals surface area contributed by atoms with Gasteiger partial charge in [0.1, 0.15) is 35.5 Å². The molecular weight excluding hydrogens is 778 g/mol. The molecule has 0 saturated carbocycles. The molecule has 2 aromatic carbocycles. The Labute approximate surface area is 348 Å². The minimum Gasteiger partial charge on any atom is -0.508 e. The lowest BCUT2D eigenvalue weighted by atomic mass is 9.96. The van der Waals surface area contributed by atoms with Gasteiger partial charge in [-0.25, -0.2) is 22.8 Å². The fourth-order valence-electron chi connectivity index (χ4n) is 9.30. The van der Waals surface area contributed by atoms with Gasteiger partial charge in [-0.2, -0.15) is 4.98 Å². The number of pyridine rings is 1. The van der Waals surface area contributed by atoms with Gasteiger partial charge >= 0.3 is 11.8 Å². The Bertz CT molecular complexity index is 2280. The van der Waals surface area contributed by atoms with Crippen LogP contribution in [0.5, 0.6) is 5.75 Å². The van der Waals surface area contributed by atoms with Gasteiger partial charge in [-0.3, -0.25) is 14.8 Å². The van der Waals surface area contributed by atoms with Crippen LogP contribution < -0.4 is 10.6 Å². The summed E-state index contributed by atoms with van der Waals surface area (Å²) in [6.45, 7) is 10.6. The van der Waals surface area contributed by atoms with Gasteiger partial charge in [-0.05, 0) is 88.9 Å². The summed E-state index contributed by atoms with van der Waals surface area (Å²) in [4.78, 5) is 52.5. The SMILES string of the molecule is C#Cc1c(F)ccc2cc(O)cc(-c3ncc4c(N5CC6CCC(C5)N6C(=O)OC(C)OC)nc(=O)[nH]c4c3F)c12.CCCC(C=O)CCC.C[C@@]12CCCN1C[C@H](F)C2. The summed E-state index contributed by atoms with van der Waals surface area (Å²) in [6.07, 6.45) is 15.4. The maximum Gasteiger partial charge on any atom is 0.412 e. The second-order valence-corrected chi connectivity index (χ2v) is 16.4. The van der Waals surface area contributed by atoms with Crippen LogP contribution in [0.3, 0.4) is 0 Å². The van der Waals surface area contributed by atoms with Crippen molar-refractivity contribution < 1.29 is 37.3 Å². The third-order valence-corrected chi connectivity index (χ3v) is 12.2. The minimum atomic E-state index is -0.888. The lowest BCUT2D eigenvalue weighted by Crippen LogP contribution is -2.56.